The van der Waals surface area contributed by atoms with Crippen molar-refractivity contribution in [1.82, 2.24) is 4.90 Å². The van der Waals surface area contributed by atoms with Crippen molar-refractivity contribution >= 4 is 16.2 Å². The van der Waals surface area contributed by atoms with Gasteiger partial charge in [0.1, 0.15) is 23.9 Å². The molecule has 0 spiro atoms. The summed E-state index contributed by atoms with van der Waals surface area (Å²) in [5, 5.41) is 10.2. The molecule has 0 saturated carbocycles. The molecule has 8 nitrogen and oxygen atoms in total. The highest BCUT2D eigenvalue weighted by molar-refractivity contribution is 7.86. The van der Waals surface area contributed by atoms with Gasteiger partial charge in [-0.3, -0.25) is 9.08 Å². The van der Waals surface area contributed by atoms with Crippen molar-refractivity contribution in [3.63, 3.8) is 0 Å². The van der Waals surface area contributed by atoms with Gasteiger partial charge in [0.2, 0.25) is 0 Å². The monoisotopic (exact) mass is 399 g/mol. The Kier molecular flexibility index (Phi) is 5.24. The van der Waals surface area contributed by atoms with Gasteiger partial charge in [-0.1, -0.05) is 17.7 Å². The first-order chi connectivity index (χ1) is 12.5. The van der Waals surface area contributed by atoms with Crippen LogP contribution < -0.4 is 0 Å². The molecule has 1 aromatic carbocycles. The number of aliphatic hydroxyl groups excluding tert-OH is 1. The number of hydrogen-bond donors (Lipinski definition) is 1. The zero-order valence-corrected chi connectivity index (χ0v) is 16.6. The molecule has 0 aromatic heterocycles. The summed E-state index contributed by atoms with van der Waals surface area (Å²) in [5.41, 5.74) is 0.206. The molecule has 0 radical (unpaired) electrons. The highest BCUT2D eigenvalue weighted by Crippen LogP contribution is 2.34. The van der Waals surface area contributed by atoms with Crippen LogP contribution >= 0.6 is 0 Å². The number of ether oxygens (including phenoxy) is 2. The molecule has 2 aliphatic heterocycles. The van der Waals surface area contributed by atoms with Crippen LogP contribution in [-0.4, -0.2) is 67.6 Å². The number of aryl methyl sites for hydroxylation is 1. The molecular weight excluding hydrogens is 374 g/mol. The summed E-state index contributed by atoms with van der Waals surface area (Å²) in [6.07, 6.45) is -3.24. The first-order valence-corrected chi connectivity index (χ1v) is 10.2. The minimum Gasteiger partial charge on any atom is -0.444 e. The van der Waals surface area contributed by atoms with Crippen molar-refractivity contribution < 1.29 is 32.0 Å². The summed E-state index contributed by atoms with van der Waals surface area (Å²) >= 11 is 0. The van der Waals surface area contributed by atoms with E-state index in [-0.39, 0.29) is 18.0 Å². The van der Waals surface area contributed by atoms with Crippen LogP contribution in [0.2, 0.25) is 0 Å². The predicted octanol–water partition coefficient (Wildman–Crippen LogP) is 1.45. The van der Waals surface area contributed by atoms with Gasteiger partial charge in [-0.15, -0.1) is 0 Å². The first kappa shape index (κ1) is 20.1. The minimum absolute atomic E-state index is 0.000922. The summed E-state index contributed by atoms with van der Waals surface area (Å²) < 4.78 is 41.5. The number of aliphatic hydroxyl groups is 1. The molecule has 3 rings (SSSR count). The molecule has 1 aromatic rings. The third kappa shape index (κ3) is 4.26. The van der Waals surface area contributed by atoms with Crippen LogP contribution in [0.25, 0.3) is 0 Å². The molecule has 1 amide bonds. The Morgan fingerprint density at radius 1 is 1.26 bits per heavy atom. The van der Waals surface area contributed by atoms with Crippen molar-refractivity contribution in [1.29, 1.82) is 0 Å². The fourth-order valence-electron chi connectivity index (χ4n) is 3.28. The third-order valence-corrected chi connectivity index (χ3v) is 5.83. The number of carbonyl (C=O) groups excluding carboxylic acids is 1. The van der Waals surface area contributed by atoms with Crippen molar-refractivity contribution in [2.75, 3.05) is 13.2 Å². The molecule has 0 bridgehead atoms. The highest BCUT2D eigenvalue weighted by Gasteiger charge is 2.55. The number of nitrogens with zero attached hydrogens (tertiary/aromatic N) is 1. The number of benzene rings is 1. The van der Waals surface area contributed by atoms with E-state index in [0.717, 1.165) is 5.56 Å². The molecule has 2 aliphatic rings. The lowest BCUT2D eigenvalue weighted by atomic mass is 10.1. The molecule has 1 N–H and O–H groups in total. The normalized spacial score (nSPS) is 28.3. The average molecular weight is 399 g/mol. The van der Waals surface area contributed by atoms with E-state index in [4.69, 9.17) is 13.7 Å². The van der Waals surface area contributed by atoms with Crippen molar-refractivity contribution in [2.24, 2.45) is 0 Å². The molecule has 2 fully saturated rings. The SMILES string of the molecule is Cc1ccc(S(=O)(=O)O[C@H]2CN(C(=O)OC(C)(C)C)C3[C@@H](O)CO[C@@H]32)cc1. The summed E-state index contributed by atoms with van der Waals surface area (Å²) in [4.78, 5) is 13.8. The lowest BCUT2D eigenvalue weighted by molar-refractivity contribution is 0.00833. The van der Waals surface area contributed by atoms with E-state index in [1.165, 1.54) is 17.0 Å². The zero-order valence-electron chi connectivity index (χ0n) is 15.8. The van der Waals surface area contributed by atoms with Gasteiger partial charge < -0.3 is 14.6 Å². The maximum absolute atomic E-state index is 12.6. The molecule has 27 heavy (non-hydrogen) atoms. The minimum atomic E-state index is -4.04. The molecule has 4 atom stereocenters. The van der Waals surface area contributed by atoms with E-state index in [2.05, 4.69) is 0 Å². The van der Waals surface area contributed by atoms with Crippen molar-refractivity contribution in [3.8, 4) is 0 Å². The molecular formula is C18H25NO7S. The molecule has 150 valence electrons. The Hall–Kier alpha value is -1.68. The Labute approximate surface area is 159 Å². The summed E-state index contributed by atoms with van der Waals surface area (Å²) in [7, 11) is -4.04. The van der Waals surface area contributed by atoms with Gasteiger partial charge in [0.25, 0.3) is 10.1 Å². The van der Waals surface area contributed by atoms with E-state index in [1.807, 2.05) is 6.92 Å². The van der Waals surface area contributed by atoms with Gasteiger partial charge in [-0.2, -0.15) is 8.42 Å². The second-order valence-electron chi connectivity index (χ2n) is 7.89. The summed E-state index contributed by atoms with van der Waals surface area (Å²) in [6, 6.07) is 5.57. The fourth-order valence-corrected chi connectivity index (χ4v) is 4.36. The van der Waals surface area contributed by atoms with Gasteiger partial charge >= 0.3 is 6.09 Å². The van der Waals surface area contributed by atoms with E-state index in [0.29, 0.717) is 0 Å². The number of rotatable bonds is 3. The van der Waals surface area contributed by atoms with Crippen LogP contribution in [0, 0.1) is 6.92 Å². The number of hydrogen-bond acceptors (Lipinski definition) is 7. The second-order valence-corrected chi connectivity index (χ2v) is 9.46. The maximum atomic E-state index is 12.6. The van der Waals surface area contributed by atoms with E-state index in [1.54, 1.807) is 32.9 Å². The van der Waals surface area contributed by atoms with Crippen LogP contribution in [0.1, 0.15) is 26.3 Å². The molecule has 0 aliphatic carbocycles. The predicted molar refractivity (Wildman–Crippen MR) is 95.7 cm³/mol. The quantitative estimate of drug-likeness (QED) is 0.768. The lowest BCUT2D eigenvalue weighted by Crippen LogP contribution is -2.46. The molecule has 9 heteroatoms. The largest absolute Gasteiger partial charge is 0.444 e. The van der Waals surface area contributed by atoms with Crippen LogP contribution in [-0.2, 0) is 23.8 Å². The topological polar surface area (TPSA) is 102 Å². The molecule has 2 saturated heterocycles. The van der Waals surface area contributed by atoms with Crippen molar-refractivity contribution in [2.45, 2.75) is 62.5 Å². The van der Waals surface area contributed by atoms with E-state index < -0.39 is 46.2 Å². The zero-order chi connectivity index (χ0) is 20.0. The Morgan fingerprint density at radius 3 is 2.48 bits per heavy atom. The van der Waals surface area contributed by atoms with Gasteiger partial charge in [0.05, 0.1) is 24.1 Å². The van der Waals surface area contributed by atoms with Crippen LogP contribution in [0.15, 0.2) is 29.2 Å². The standard InChI is InChI=1S/C18H25NO7S/c1-11-5-7-12(8-6-11)27(22,23)26-14-9-19(17(21)25-18(2,3)4)15-13(20)10-24-16(14)15/h5-8,13-16,20H,9-10H2,1-4H3/t13-,14-,15?,16+/m0/s1. The third-order valence-electron chi connectivity index (χ3n) is 4.48. The molecule has 2 heterocycles. The van der Waals surface area contributed by atoms with E-state index >= 15 is 0 Å². The molecule has 1 unspecified atom stereocenters. The van der Waals surface area contributed by atoms with Gasteiger partial charge in [0.15, 0.2) is 0 Å². The van der Waals surface area contributed by atoms with Gasteiger partial charge in [0, 0.05) is 0 Å². The van der Waals surface area contributed by atoms with Crippen molar-refractivity contribution in [3.05, 3.63) is 29.8 Å². The number of carbonyl (C=O) groups is 1. The lowest BCUT2D eigenvalue weighted by Gasteiger charge is -2.28. The number of likely N-dealkylation sites (tertiary alicyclic amines) is 1. The van der Waals surface area contributed by atoms with Crippen LogP contribution in [0.4, 0.5) is 4.79 Å². The summed E-state index contributed by atoms with van der Waals surface area (Å²) in [6.45, 7) is 7.00. The van der Waals surface area contributed by atoms with Gasteiger partial charge in [-0.25, -0.2) is 4.79 Å². The Morgan fingerprint density at radius 2 is 1.89 bits per heavy atom. The Balaban J connectivity index is 1.80. The van der Waals surface area contributed by atoms with E-state index in [9.17, 15) is 18.3 Å². The second kappa shape index (κ2) is 7.05. The fraction of sp³-hybridized carbons (Fsp3) is 0.611. The smallest absolute Gasteiger partial charge is 0.410 e. The first-order valence-electron chi connectivity index (χ1n) is 8.77. The van der Waals surface area contributed by atoms with Crippen LogP contribution in [0.5, 0.6) is 0 Å². The van der Waals surface area contributed by atoms with Gasteiger partial charge in [-0.05, 0) is 39.8 Å². The number of fused-ring (bicyclic) bond motifs is 1. The highest BCUT2D eigenvalue weighted by atomic mass is 32.2. The Bertz CT molecular complexity index is 800. The maximum Gasteiger partial charge on any atom is 0.410 e. The van der Waals surface area contributed by atoms with Crippen LogP contribution in [0.3, 0.4) is 0 Å². The number of amides is 1. The summed E-state index contributed by atoms with van der Waals surface area (Å²) in [5.74, 6) is 0. The average Bonchev–Trinajstić information content (AvgIpc) is 3.08.